The summed E-state index contributed by atoms with van der Waals surface area (Å²) < 4.78 is 29.5. The summed E-state index contributed by atoms with van der Waals surface area (Å²) in [6.07, 6.45) is 1.20. The fourth-order valence-electron chi connectivity index (χ4n) is 0.600. The Morgan fingerprint density at radius 3 is 2.58 bits per heavy atom. The Hall–Kier alpha value is -0.790. The Kier molecular flexibility index (Phi) is 3.50. The fraction of sp³-hybridized carbons (Fsp3) is 0.250. The second-order valence-electron chi connectivity index (χ2n) is 1.70. The molecule has 1 aromatic rings. The summed E-state index contributed by atoms with van der Waals surface area (Å²) in [5.74, 6) is 0. The van der Waals surface area contributed by atoms with E-state index in [4.69, 9.17) is 4.55 Å². The minimum Gasteiger partial charge on any atom is -0.399 e. The van der Waals surface area contributed by atoms with Gasteiger partial charge in [-0.3, -0.25) is 4.55 Å². The molecule has 1 aromatic heterocycles. The third-order valence-electron chi connectivity index (χ3n) is 1.01. The first-order valence-corrected chi connectivity index (χ1v) is 4.05. The molecule has 0 aliphatic rings. The molecule has 1 rings (SSSR count). The summed E-state index contributed by atoms with van der Waals surface area (Å²) in [5.41, 5.74) is 0. The van der Waals surface area contributed by atoms with Gasteiger partial charge in [-0.15, -0.1) is 17.5 Å². The monoisotopic (exact) mass is 214 g/mol. The molecule has 0 amide bonds. The highest BCUT2D eigenvalue weighted by Gasteiger charge is 2.15. The molecule has 0 aromatic carbocycles. The van der Waals surface area contributed by atoms with Crippen molar-refractivity contribution in [1.82, 2.24) is 9.94 Å². The first kappa shape index (κ1) is 11.2. The van der Waals surface area contributed by atoms with Crippen molar-refractivity contribution in [3.05, 3.63) is 12.3 Å². The van der Waals surface area contributed by atoms with Crippen LogP contribution in [0, 0.1) is 0 Å². The van der Waals surface area contributed by atoms with Crippen molar-refractivity contribution in [2.45, 2.75) is 5.03 Å². The van der Waals surface area contributed by atoms with Crippen LogP contribution in [0.4, 0.5) is 0 Å². The highest BCUT2D eigenvalue weighted by Crippen LogP contribution is 2.04. The Bertz CT molecular complexity index is 346. The molecular formula is C4H7ClN2O4S. The van der Waals surface area contributed by atoms with E-state index in [1.165, 1.54) is 13.3 Å². The minimum absolute atomic E-state index is 0. The predicted molar refractivity (Wildman–Crippen MR) is 41.8 cm³/mol. The van der Waals surface area contributed by atoms with E-state index in [1.807, 2.05) is 0 Å². The molecular weight excluding hydrogens is 208 g/mol. The van der Waals surface area contributed by atoms with Crippen molar-refractivity contribution >= 4 is 22.5 Å². The molecule has 0 saturated carbocycles. The van der Waals surface area contributed by atoms with E-state index < -0.39 is 10.1 Å². The SMILES string of the molecule is COn1nccc1S(=O)(=O)O.Cl. The first-order chi connectivity index (χ1) is 5.05. The van der Waals surface area contributed by atoms with Gasteiger partial charge in [0, 0.05) is 6.07 Å². The zero-order valence-electron chi connectivity index (χ0n) is 6.04. The van der Waals surface area contributed by atoms with Crippen LogP contribution in [0.5, 0.6) is 0 Å². The van der Waals surface area contributed by atoms with Crippen LogP contribution in [-0.4, -0.2) is 30.0 Å². The molecule has 0 aliphatic heterocycles. The summed E-state index contributed by atoms with van der Waals surface area (Å²) in [4.78, 5) is 5.18. The molecule has 0 radical (unpaired) electrons. The second-order valence-corrected chi connectivity index (χ2v) is 3.07. The van der Waals surface area contributed by atoms with Crippen LogP contribution < -0.4 is 4.84 Å². The Morgan fingerprint density at radius 2 is 2.25 bits per heavy atom. The molecule has 0 atom stereocenters. The van der Waals surface area contributed by atoms with Gasteiger partial charge in [0.2, 0.25) is 5.03 Å². The van der Waals surface area contributed by atoms with Gasteiger partial charge in [-0.1, -0.05) is 4.85 Å². The number of aromatic nitrogens is 2. The lowest BCUT2D eigenvalue weighted by atomic mass is 10.8. The molecule has 1 heterocycles. The molecule has 0 spiro atoms. The lowest BCUT2D eigenvalue weighted by Crippen LogP contribution is -2.14. The molecule has 6 nitrogen and oxygen atoms in total. The van der Waals surface area contributed by atoms with E-state index in [9.17, 15) is 8.42 Å². The van der Waals surface area contributed by atoms with Crippen LogP contribution in [0.15, 0.2) is 17.3 Å². The van der Waals surface area contributed by atoms with Gasteiger partial charge in [0.25, 0.3) is 0 Å². The maximum Gasteiger partial charge on any atom is 0.315 e. The molecule has 70 valence electrons. The molecule has 12 heavy (non-hydrogen) atoms. The normalized spacial score (nSPS) is 10.5. The van der Waals surface area contributed by atoms with Gasteiger partial charge in [0.05, 0.1) is 6.20 Å². The lowest BCUT2D eigenvalue weighted by molar-refractivity contribution is 0.110. The van der Waals surface area contributed by atoms with Gasteiger partial charge in [0.1, 0.15) is 7.11 Å². The van der Waals surface area contributed by atoms with Gasteiger partial charge in [-0.25, -0.2) is 0 Å². The van der Waals surface area contributed by atoms with Crippen LogP contribution in [0.1, 0.15) is 0 Å². The summed E-state index contributed by atoms with van der Waals surface area (Å²) in [6, 6.07) is 1.12. The number of hydrogen-bond donors (Lipinski definition) is 1. The van der Waals surface area contributed by atoms with Crippen LogP contribution in [0.3, 0.4) is 0 Å². The largest absolute Gasteiger partial charge is 0.399 e. The fourth-order valence-corrected chi connectivity index (χ4v) is 1.15. The average Bonchev–Trinajstić information content (AvgIpc) is 2.31. The van der Waals surface area contributed by atoms with E-state index in [2.05, 4.69) is 9.94 Å². The van der Waals surface area contributed by atoms with Crippen LogP contribution in [0.25, 0.3) is 0 Å². The molecule has 0 unspecified atom stereocenters. The van der Waals surface area contributed by atoms with E-state index in [0.29, 0.717) is 4.85 Å². The predicted octanol–water partition coefficient (Wildman–Crippen LogP) is -0.390. The van der Waals surface area contributed by atoms with Crippen LogP contribution in [0.2, 0.25) is 0 Å². The zero-order valence-corrected chi connectivity index (χ0v) is 7.67. The number of hydrogen-bond acceptors (Lipinski definition) is 4. The van der Waals surface area contributed by atoms with Gasteiger partial charge in [0.15, 0.2) is 0 Å². The Balaban J connectivity index is 0.00000121. The van der Waals surface area contributed by atoms with Crippen LogP contribution >= 0.6 is 12.4 Å². The van der Waals surface area contributed by atoms with Gasteiger partial charge in [-0.2, -0.15) is 8.42 Å². The van der Waals surface area contributed by atoms with Gasteiger partial charge < -0.3 is 4.84 Å². The van der Waals surface area contributed by atoms with Crippen LogP contribution in [-0.2, 0) is 10.1 Å². The van der Waals surface area contributed by atoms with E-state index in [0.717, 1.165) is 6.07 Å². The summed E-state index contributed by atoms with van der Waals surface area (Å²) in [7, 11) is -2.99. The number of nitrogens with zero attached hydrogens (tertiary/aromatic N) is 2. The third-order valence-corrected chi connectivity index (χ3v) is 1.84. The highest BCUT2D eigenvalue weighted by atomic mass is 35.5. The highest BCUT2D eigenvalue weighted by molar-refractivity contribution is 7.85. The molecule has 8 heteroatoms. The molecule has 0 aliphatic carbocycles. The number of rotatable bonds is 2. The molecule has 0 bridgehead atoms. The van der Waals surface area contributed by atoms with Crippen molar-refractivity contribution < 1.29 is 17.8 Å². The molecule has 1 N–H and O–H groups in total. The second kappa shape index (κ2) is 3.74. The maximum absolute atomic E-state index is 10.5. The maximum atomic E-state index is 10.5. The van der Waals surface area contributed by atoms with E-state index in [-0.39, 0.29) is 17.4 Å². The number of halogens is 1. The van der Waals surface area contributed by atoms with Crippen molar-refractivity contribution in [2.75, 3.05) is 7.11 Å². The van der Waals surface area contributed by atoms with Gasteiger partial charge >= 0.3 is 10.1 Å². The smallest absolute Gasteiger partial charge is 0.315 e. The molecule has 0 saturated heterocycles. The average molecular weight is 215 g/mol. The van der Waals surface area contributed by atoms with E-state index in [1.54, 1.807) is 0 Å². The van der Waals surface area contributed by atoms with Crippen molar-refractivity contribution in [3.8, 4) is 0 Å². The van der Waals surface area contributed by atoms with E-state index >= 15 is 0 Å². The minimum atomic E-state index is -4.23. The third kappa shape index (κ3) is 2.10. The quantitative estimate of drug-likeness (QED) is 0.678. The van der Waals surface area contributed by atoms with Gasteiger partial charge in [-0.05, 0) is 0 Å². The Morgan fingerprint density at radius 1 is 1.67 bits per heavy atom. The van der Waals surface area contributed by atoms with Crippen molar-refractivity contribution in [1.29, 1.82) is 0 Å². The topological polar surface area (TPSA) is 81.4 Å². The summed E-state index contributed by atoms with van der Waals surface area (Å²) in [5, 5.41) is 3.07. The van der Waals surface area contributed by atoms with Crippen molar-refractivity contribution in [3.63, 3.8) is 0 Å². The summed E-state index contributed by atoms with van der Waals surface area (Å²) in [6.45, 7) is 0. The molecule has 0 fully saturated rings. The lowest BCUT2D eigenvalue weighted by Gasteiger charge is -1.99. The zero-order chi connectivity index (χ0) is 8.48. The standard InChI is InChI=1S/C4H6N2O4S.ClH/c1-10-6-4(2-3-5-6)11(7,8)9;/h2-3H,1H3,(H,7,8,9);1H. The van der Waals surface area contributed by atoms with Crippen molar-refractivity contribution in [2.24, 2.45) is 0 Å². The Labute approximate surface area is 75.3 Å². The first-order valence-electron chi connectivity index (χ1n) is 2.61. The summed E-state index contributed by atoms with van der Waals surface area (Å²) >= 11 is 0.